The van der Waals surface area contributed by atoms with Crippen LogP contribution in [-0.4, -0.2) is 20.7 Å². The monoisotopic (exact) mass is 274 g/mol. The average Bonchev–Trinajstić information content (AvgIpc) is 3.04. The number of nitrogens with zero attached hydrogens (tertiary/aromatic N) is 3. The zero-order chi connectivity index (χ0) is 13.4. The molecule has 3 aromatic heterocycles. The summed E-state index contributed by atoms with van der Waals surface area (Å²) in [6.45, 7) is 0.523. The van der Waals surface area contributed by atoms with E-state index in [1.54, 1.807) is 17.4 Å². The molecule has 0 fully saturated rings. The van der Waals surface area contributed by atoms with Gasteiger partial charge in [-0.3, -0.25) is 4.79 Å². The van der Waals surface area contributed by atoms with Gasteiger partial charge in [0.25, 0.3) is 5.56 Å². The molecule has 0 aliphatic heterocycles. The van der Waals surface area contributed by atoms with Gasteiger partial charge in [-0.1, -0.05) is 6.07 Å². The second-order valence-corrected chi connectivity index (χ2v) is 5.30. The molecule has 0 amide bonds. The van der Waals surface area contributed by atoms with E-state index in [2.05, 4.69) is 5.10 Å². The van der Waals surface area contributed by atoms with Gasteiger partial charge >= 0.3 is 0 Å². The molecule has 98 valence electrons. The lowest BCUT2D eigenvalue weighted by atomic mass is 10.3. The fourth-order valence-corrected chi connectivity index (χ4v) is 2.83. The lowest BCUT2D eigenvalue weighted by Crippen LogP contribution is -2.21. The second-order valence-electron chi connectivity index (χ2n) is 4.35. The number of fused-ring (bicyclic) bond motifs is 1. The molecule has 0 aromatic carbocycles. The van der Waals surface area contributed by atoms with Crippen LogP contribution in [0.25, 0.3) is 16.2 Å². The van der Waals surface area contributed by atoms with Gasteiger partial charge in [-0.05, 0) is 18.0 Å². The summed E-state index contributed by atoms with van der Waals surface area (Å²) in [7, 11) is 1.93. The minimum absolute atomic E-state index is 0.112. The van der Waals surface area contributed by atoms with Crippen LogP contribution in [-0.2, 0) is 13.5 Å². The van der Waals surface area contributed by atoms with Crippen molar-refractivity contribution in [3.8, 4) is 10.6 Å². The molecule has 0 spiro atoms. The standard InChI is InChI=1S/C13H14N4OS/c1-16-9(4-5-14)7-13(18)17-12(16)8-10(15-17)11-3-2-6-19-11/h2-3,6-8H,4-5,14H2,1H3. The molecule has 0 saturated heterocycles. The van der Waals surface area contributed by atoms with E-state index in [9.17, 15) is 4.79 Å². The molecule has 0 aliphatic carbocycles. The third-order valence-electron chi connectivity index (χ3n) is 3.14. The van der Waals surface area contributed by atoms with Gasteiger partial charge in [0.05, 0.1) is 4.88 Å². The fourth-order valence-electron chi connectivity index (χ4n) is 2.15. The van der Waals surface area contributed by atoms with Crippen LogP contribution in [0.15, 0.2) is 34.4 Å². The summed E-state index contributed by atoms with van der Waals surface area (Å²) >= 11 is 1.61. The van der Waals surface area contributed by atoms with Crippen molar-refractivity contribution >= 4 is 17.0 Å². The average molecular weight is 274 g/mol. The highest BCUT2D eigenvalue weighted by Crippen LogP contribution is 2.23. The molecule has 0 unspecified atom stereocenters. The fraction of sp³-hybridized carbons (Fsp3) is 0.231. The molecule has 0 aliphatic rings. The van der Waals surface area contributed by atoms with Crippen LogP contribution in [0, 0.1) is 0 Å². The molecule has 3 rings (SSSR count). The van der Waals surface area contributed by atoms with Crippen molar-refractivity contribution in [2.45, 2.75) is 6.42 Å². The zero-order valence-corrected chi connectivity index (χ0v) is 11.4. The molecular weight excluding hydrogens is 260 g/mol. The molecule has 0 bridgehead atoms. The van der Waals surface area contributed by atoms with Crippen molar-refractivity contribution in [3.05, 3.63) is 45.7 Å². The highest BCUT2D eigenvalue weighted by atomic mass is 32.1. The lowest BCUT2D eigenvalue weighted by Gasteiger charge is -2.08. The Bertz CT molecular complexity index is 770. The third kappa shape index (κ3) is 1.98. The number of aromatic nitrogens is 3. The molecule has 6 heteroatoms. The second kappa shape index (κ2) is 4.64. The summed E-state index contributed by atoms with van der Waals surface area (Å²) in [6, 6.07) is 7.51. The smallest absolute Gasteiger partial charge is 0.274 e. The molecule has 3 heterocycles. The van der Waals surface area contributed by atoms with Crippen LogP contribution in [0.4, 0.5) is 0 Å². The van der Waals surface area contributed by atoms with Gasteiger partial charge in [0.15, 0.2) is 0 Å². The van der Waals surface area contributed by atoms with E-state index in [4.69, 9.17) is 5.73 Å². The zero-order valence-electron chi connectivity index (χ0n) is 10.5. The molecular formula is C13H14N4OS. The summed E-state index contributed by atoms with van der Waals surface area (Å²) < 4.78 is 3.41. The molecule has 2 N–H and O–H groups in total. The van der Waals surface area contributed by atoms with Gasteiger partial charge in [0.1, 0.15) is 11.3 Å². The van der Waals surface area contributed by atoms with Crippen molar-refractivity contribution in [3.63, 3.8) is 0 Å². The number of nitrogens with two attached hydrogens (primary N) is 1. The van der Waals surface area contributed by atoms with Crippen molar-refractivity contribution in [1.82, 2.24) is 14.2 Å². The van der Waals surface area contributed by atoms with Crippen molar-refractivity contribution in [1.29, 1.82) is 0 Å². The summed E-state index contributed by atoms with van der Waals surface area (Å²) in [5.41, 5.74) is 8.00. The van der Waals surface area contributed by atoms with Crippen LogP contribution in [0.3, 0.4) is 0 Å². The van der Waals surface area contributed by atoms with Crippen molar-refractivity contribution < 1.29 is 0 Å². The third-order valence-corrected chi connectivity index (χ3v) is 4.03. The Kier molecular flexibility index (Phi) is 2.96. The van der Waals surface area contributed by atoms with Crippen molar-refractivity contribution in [2.24, 2.45) is 12.8 Å². The Morgan fingerprint density at radius 1 is 1.42 bits per heavy atom. The molecule has 0 radical (unpaired) electrons. The summed E-state index contributed by atoms with van der Waals surface area (Å²) in [6.07, 6.45) is 0.682. The van der Waals surface area contributed by atoms with E-state index in [-0.39, 0.29) is 5.56 Å². The lowest BCUT2D eigenvalue weighted by molar-refractivity contribution is 0.757. The summed E-state index contributed by atoms with van der Waals surface area (Å²) in [5, 5.41) is 6.38. The Balaban J connectivity index is 2.25. The first-order chi connectivity index (χ1) is 9.20. The minimum atomic E-state index is -0.112. The van der Waals surface area contributed by atoms with Gasteiger partial charge in [-0.2, -0.15) is 9.61 Å². The molecule has 3 aromatic rings. The molecule has 19 heavy (non-hydrogen) atoms. The highest BCUT2D eigenvalue weighted by molar-refractivity contribution is 7.13. The van der Waals surface area contributed by atoms with E-state index in [1.165, 1.54) is 4.52 Å². The minimum Gasteiger partial charge on any atom is -0.333 e. The van der Waals surface area contributed by atoms with E-state index in [0.29, 0.717) is 13.0 Å². The number of rotatable bonds is 3. The predicted molar refractivity (Wildman–Crippen MR) is 76.5 cm³/mol. The number of thiophene rings is 1. The van der Waals surface area contributed by atoms with Gasteiger partial charge in [0, 0.05) is 31.3 Å². The van der Waals surface area contributed by atoms with Crippen LogP contribution < -0.4 is 11.3 Å². The molecule has 5 nitrogen and oxygen atoms in total. The van der Waals surface area contributed by atoms with Crippen LogP contribution in [0.1, 0.15) is 5.69 Å². The number of hydrogen-bond donors (Lipinski definition) is 1. The SMILES string of the molecule is Cn1c(CCN)cc(=O)n2nc(-c3cccs3)cc12. The highest BCUT2D eigenvalue weighted by Gasteiger charge is 2.11. The Hall–Kier alpha value is -1.92. The van der Waals surface area contributed by atoms with Gasteiger partial charge in [0.2, 0.25) is 0 Å². The first kappa shape index (κ1) is 12.1. The molecule has 0 saturated carbocycles. The van der Waals surface area contributed by atoms with E-state index < -0.39 is 0 Å². The topological polar surface area (TPSA) is 65.3 Å². The Labute approximate surface area is 113 Å². The summed E-state index contributed by atoms with van der Waals surface area (Å²) in [4.78, 5) is 13.1. The maximum absolute atomic E-state index is 12.1. The first-order valence-electron chi connectivity index (χ1n) is 6.03. The van der Waals surface area contributed by atoms with Crippen LogP contribution in [0.2, 0.25) is 0 Å². The number of aryl methyl sites for hydroxylation is 1. The van der Waals surface area contributed by atoms with E-state index >= 15 is 0 Å². The van der Waals surface area contributed by atoms with Gasteiger partial charge in [-0.15, -0.1) is 11.3 Å². The maximum Gasteiger partial charge on any atom is 0.274 e. The van der Waals surface area contributed by atoms with Crippen LogP contribution >= 0.6 is 11.3 Å². The Morgan fingerprint density at radius 3 is 2.95 bits per heavy atom. The quantitative estimate of drug-likeness (QED) is 0.782. The van der Waals surface area contributed by atoms with Crippen LogP contribution in [0.5, 0.6) is 0 Å². The van der Waals surface area contributed by atoms with Gasteiger partial charge in [-0.25, -0.2) is 0 Å². The first-order valence-corrected chi connectivity index (χ1v) is 6.91. The summed E-state index contributed by atoms with van der Waals surface area (Å²) in [5.74, 6) is 0. The van der Waals surface area contributed by atoms with E-state index in [0.717, 1.165) is 21.9 Å². The van der Waals surface area contributed by atoms with E-state index in [1.807, 2.05) is 35.2 Å². The normalized spacial score (nSPS) is 11.3. The molecule has 0 atom stereocenters. The van der Waals surface area contributed by atoms with Gasteiger partial charge < -0.3 is 10.3 Å². The largest absolute Gasteiger partial charge is 0.333 e. The Morgan fingerprint density at radius 2 is 2.26 bits per heavy atom. The maximum atomic E-state index is 12.1. The number of hydrogen-bond acceptors (Lipinski definition) is 4. The predicted octanol–water partition coefficient (Wildman–Crippen LogP) is 1.26. The van der Waals surface area contributed by atoms with Crippen molar-refractivity contribution in [2.75, 3.05) is 6.54 Å².